The molecule has 0 aromatic carbocycles. The Bertz CT molecular complexity index is 70.0. The highest BCUT2D eigenvalue weighted by Crippen LogP contribution is 2.02. The highest BCUT2D eigenvalue weighted by atomic mass is 32.2. The number of aliphatic hydroxyl groups is 2. The van der Waals surface area contributed by atoms with Crippen molar-refractivity contribution in [3.05, 3.63) is 0 Å². The van der Waals surface area contributed by atoms with Crippen molar-refractivity contribution in [3.8, 4) is 0 Å². The second-order valence-electron chi connectivity index (χ2n) is 1.71. The van der Waals surface area contributed by atoms with Crippen molar-refractivity contribution in [2.45, 2.75) is 13.2 Å². The molecule has 1 atom stereocenters. The van der Waals surface area contributed by atoms with Crippen LogP contribution < -0.4 is 0 Å². The maximum absolute atomic E-state index is 8.95. The van der Waals surface area contributed by atoms with Crippen molar-refractivity contribution in [2.75, 3.05) is 24.7 Å². The zero-order valence-electron chi connectivity index (χ0n) is 6.12. The minimum absolute atomic E-state index is 0.156. The average Bonchev–Trinajstić information content (AvgIpc) is 1.89. The van der Waals surface area contributed by atoms with Gasteiger partial charge >= 0.3 is 0 Å². The maximum Gasteiger partial charge on any atom is 0.163 e. The van der Waals surface area contributed by atoms with E-state index in [4.69, 9.17) is 14.9 Å². The molecule has 4 heteroatoms. The molecule has 0 rings (SSSR count). The van der Waals surface area contributed by atoms with Gasteiger partial charge in [-0.05, 0) is 6.92 Å². The van der Waals surface area contributed by atoms with Crippen LogP contribution in [-0.4, -0.2) is 41.2 Å². The number of ether oxygens (including phenoxy) is 1. The van der Waals surface area contributed by atoms with Gasteiger partial charge in [0.1, 0.15) is 0 Å². The minimum atomic E-state index is -0.679. The van der Waals surface area contributed by atoms with Gasteiger partial charge in [-0.3, -0.25) is 0 Å². The molecule has 0 aliphatic heterocycles. The molecule has 0 aromatic heterocycles. The quantitative estimate of drug-likeness (QED) is 0.433. The van der Waals surface area contributed by atoms with Crippen LogP contribution in [0.4, 0.5) is 0 Å². The van der Waals surface area contributed by atoms with Crippen LogP contribution in [0, 0.1) is 0 Å². The van der Waals surface area contributed by atoms with Gasteiger partial charge in [-0.2, -0.15) is 11.8 Å². The lowest BCUT2D eigenvalue weighted by molar-refractivity contribution is -0.0764. The van der Waals surface area contributed by atoms with Crippen molar-refractivity contribution < 1.29 is 14.9 Å². The van der Waals surface area contributed by atoms with E-state index in [1.807, 2.05) is 6.92 Å². The number of aliphatic hydroxyl groups excluding tert-OH is 2. The second-order valence-corrected chi connectivity index (χ2v) is 2.86. The first kappa shape index (κ1) is 10.2. The smallest absolute Gasteiger partial charge is 0.163 e. The van der Waals surface area contributed by atoms with E-state index >= 15 is 0 Å². The summed E-state index contributed by atoms with van der Waals surface area (Å²) in [4.78, 5) is 0. The monoisotopic (exact) mass is 166 g/mol. The standard InChI is InChI=1S/C6H14O3S/c1-2-9-6(8)5-10-4-3-7/h6-8H,2-5H2,1H3. The zero-order chi connectivity index (χ0) is 7.82. The molecule has 0 fully saturated rings. The van der Waals surface area contributed by atoms with Crippen molar-refractivity contribution in [3.63, 3.8) is 0 Å². The molecule has 0 radical (unpaired) electrons. The lowest BCUT2D eigenvalue weighted by atomic mass is 10.7. The lowest BCUT2D eigenvalue weighted by Crippen LogP contribution is -2.15. The van der Waals surface area contributed by atoms with Crippen molar-refractivity contribution in [2.24, 2.45) is 0 Å². The molecule has 0 amide bonds. The predicted molar refractivity (Wildman–Crippen MR) is 42.0 cm³/mol. The number of thioether (sulfide) groups is 1. The van der Waals surface area contributed by atoms with Crippen LogP contribution in [0.3, 0.4) is 0 Å². The summed E-state index contributed by atoms with van der Waals surface area (Å²) in [6.45, 7) is 2.52. The Balaban J connectivity index is 2.97. The summed E-state index contributed by atoms with van der Waals surface area (Å²) in [5.74, 6) is 1.19. The minimum Gasteiger partial charge on any atom is -0.396 e. The molecule has 3 nitrogen and oxygen atoms in total. The van der Waals surface area contributed by atoms with Crippen LogP contribution in [-0.2, 0) is 4.74 Å². The molecular weight excluding hydrogens is 152 g/mol. The summed E-state index contributed by atoms with van der Waals surface area (Å²) in [6.07, 6.45) is -0.679. The van der Waals surface area contributed by atoms with Crippen molar-refractivity contribution >= 4 is 11.8 Å². The van der Waals surface area contributed by atoms with Gasteiger partial charge in [0.15, 0.2) is 6.29 Å². The number of hydrogen-bond donors (Lipinski definition) is 2. The van der Waals surface area contributed by atoms with Gasteiger partial charge in [-0.15, -0.1) is 0 Å². The summed E-state index contributed by atoms with van der Waals surface area (Å²) in [6, 6.07) is 0. The first-order valence-electron chi connectivity index (χ1n) is 3.29. The highest BCUT2D eigenvalue weighted by molar-refractivity contribution is 7.99. The van der Waals surface area contributed by atoms with Gasteiger partial charge in [-0.1, -0.05) is 0 Å². The van der Waals surface area contributed by atoms with Crippen LogP contribution in [0.25, 0.3) is 0 Å². The summed E-state index contributed by atoms with van der Waals surface area (Å²) >= 11 is 1.48. The first-order chi connectivity index (χ1) is 4.81. The Kier molecular flexibility index (Phi) is 7.51. The lowest BCUT2D eigenvalue weighted by Gasteiger charge is -2.08. The van der Waals surface area contributed by atoms with Gasteiger partial charge < -0.3 is 14.9 Å². The molecule has 0 spiro atoms. The fraction of sp³-hybridized carbons (Fsp3) is 1.00. The molecular formula is C6H14O3S. The normalized spacial score (nSPS) is 13.5. The fourth-order valence-electron chi connectivity index (χ4n) is 0.489. The van der Waals surface area contributed by atoms with Crippen LogP contribution in [0.5, 0.6) is 0 Å². The molecule has 0 saturated heterocycles. The maximum atomic E-state index is 8.95. The Labute approximate surface area is 65.4 Å². The van der Waals surface area contributed by atoms with Crippen LogP contribution >= 0.6 is 11.8 Å². The Morgan fingerprint density at radius 2 is 2.30 bits per heavy atom. The third-order valence-electron chi connectivity index (χ3n) is 0.855. The molecule has 0 heterocycles. The van der Waals surface area contributed by atoms with E-state index in [1.165, 1.54) is 11.8 Å². The Hall–Kier alpha value is 0.230. The fourth-order valence-corrected chi connectivity index (χ4v) is 1.08. The van der Waals surface area contributed by atoms with E-state index in [0.717, 1.165) is 0 Å². The van der Waals surface area contributed by atoms with Crippen LogP contribution in [0.15, 0.2) is 0 Å². The summed E-state index contributed by atoms with van der Waals surface area (Å²) in [7, 11) is 0. The summed E-state index contributed by atoms with van der Waals surface area (Å²) in [5, 5.41) is 17.3. The summed E-state index contributed by atoms with van der Waals surface area (Å²) < 4.78 is 4.84. The SMILES string of the molecule is CCOC(O)CSCCO. The van der Waals surface area contributed by atoms with Crippen molar-refractivity contribution in [1.29, 1.82) is 0 Å². The molecule has 0 aromatic rings. The van der Waals surface area contributed by atoms with E-state index in [9.17, 15) is 0 Å². The van der Waals surface area contributed by atoms with Crippen molar-refractivity contribution in [1.82, 2.24) is 0 Å². The average molecular weight is 166 g/mol. The first-order valence-corrected chi connectivity index (χ1v) is 4.45. The molecule has 2 N–H and O–H groups in total. The van der Waals surface area contributed by atoms with E-state index in [0.29, 0.717) is 18.1 Å². The summed E-state index contributed by atoms with van der Waals surface area (Å²) in [5.41, 5.74) is 0. The van der Waals surface area contributed by atoms with E-state index < -0.39 is 6.29 Å². The molecule has 0 saturated carbocycles. The predicted octanol–water partition coefficient (Wildman–Crippen LogP) is 0.0668. The van der Waals surface area contributed by atoms with Gasteiger partial charge in [0.25, 0.3) is 0 Å². The topological polar surface area (TPSA) is 49.7 Å². The number of rotatable bonds is 6. The second kappa shape index (κ2) is 7.34. The molecule has 0 aliphatic carbocycles. The van der Waals surface area contributed by atoms with Crippen LogP contribution in [0.2, 0.25) is 0 Å². The van der Waals surface area contributed by atoms with Gasteiger partial charge in [0, 0.05) is 18.1 Å². The Morgan fingerprint density at radius 3 is 2.80 bits per heavy atom. The molecule has 0 aliphatic rings. The van der Waals surface area contributed by atoms with Gasteiger partial charge in [0.2, 0.25) is 0 Å². The van der Waals surface area contributed by atoms with Gasteiger partial charge in [0.05, 0.1) is 6.61 Å². The third kappa shape index (κ3) is 6.35. The largest absolute Gasteiger partial charge is 0.396 e. The van der Waals surface area contributed by atoms with Crippen LogP contribution in [0.1, 0.15) is 6.92 Å². The molecule has 62 valence electrons. The molecule has 10 heavy (non-hydrogen) atoms. The molecule has 0 bridgehead atoms. The van der Waals surface area contributed by atoms with E-state index in [2.05, 4.69) is 0 Å². The van der Waals surface area contributed by atoms with Gasteiger partial charge in [-0.25, -0.2) is 0 Å². The zero-order valence-corrected chi connectivity index (χ0v) is 6.93. The third-order valence-corrected chi connectivity index (χ3v) is 1.85. The number of hydrogen-bond acceptors (Lipinski definition) is 4. The van der Waals surface area contributed by atoms with E-state index in [-0.39, 0.29) is 6.61 Å². The van der Waals surface area contributed by atoms with E-state index in [1.54, 1.807) is 0 Å². The highest BCUT2D eigenvalue weighted by Gasteiger charge is 2.00. The molecule has 1 unspecified atom stereocenters. The Morgan fingerprint density at radius 1 is 1.60 bits per heavy atom.